The number of nitrogens with zero attached hydrogens (tertiary/aromatic N) is 1. The van der Waals surface area contributed by atoms with Crippen molar-refractivity contribution in [2.75, 3.05) is 19.3 Å². The molecule has 42 heavy (non-hydrogen) atoms. The second kappa shape index (κ2) is 11.7. The molecule has 17 heteroatoms. The highest BCUT2D eigenvalue weighted by atomic mass is 32.2. The van der Waals surface area contributed by atoms with Gasteiger partial charge in [-0.25, -0.2) is 17.2 Å². The molecule has 238 valence electrons. The van der Waals surface area contributed by atoms with Crippen LogP contribution in [0.15, 0.2) is 11.2 Å². The number of carbonyl (C=O) groups excluding carboxylic acids is 4. The number of nitrogens with one attached hydrogen (secondary N) is 3. The molecule has 0 aromatic carbocycles. The molecule has 1 aliphatic carbocycles. The Kier molecular flexibility index (Phi) is 9.36. The smallest absolute Gasteiger partial charge is 0.356 e. The first-order valence-corrected chi connectivity index (χ1v) is 15.1. The highest BCUT2D eigenvalue weighted by Crippen LogP contribution is 2.50. The molecule has 0 aromatic heterocycles. The van der Waals surface area contributed by atoms with Gasteiger partial charge < -0.3 is 20.9 Å². The van der Waals surface area contributed by atoms with Crippen LogP contribution < -0.4 is 16.0 Å². The maximum absolute atomic E-state index is 14.5. The molecule has 2 saturated heterocycles. The number of sulfone groups is 1. The third kappa shape index (κ3) is 7.75. The summed E-state index contributed by atoms with van der Waals surface area (Å²) in [4.78, 5) is 52.0. The summed E-state index contributed by atoms with van der Waals surface area (Å²) in [6, 6.07) is -4.87. The maximum atomic E-state index is 14.5. The van der Waals surface area contributed by atoms with E-state index in [2.05, 4.69) is 10.6 Å². The van der Waals surface area contributed by atoms with Gasteiger partial charge in [0, 0.05) is 38.1 Å². The minimum atomic E-state index is -5.33. The predicted molar refractivity (Wildman–Crippen MR) is 136 cm³/mol. The lowest BCUT2D eigenvalue weighted by Crippen LogP contribution is -2.60. The van der Waals surface area contributed by atoms with Gasteiger partial charge in [0.1, 0.15) is 12.1 Å². The number of rotatable bonds is 8. The van der Waals surface area contributed by atoms with Crippen LogP contribution in [0.5, 0.6) is 0 Å². The monoisotopic (exact) mass is 632 g/mol. The number of carbonyl (C=O) groups is 4. The van der Waals surface area contributed by atoms with E-state index < -0.39 is 111 Å². The fourth-order valence-corrected chi connectivity index (χ4v) is 6.19. The van der Waals surface area contributed by atoms with Crippen molar-refractivity contribution in [1.82, 2.24) is 20.9 Å². The summed E-state index contributed by atoms with van der Waals surface area (Å²) in [6.07, 6.45) is -5.67. The Bertz CT molecular complexity index is 1250. The predicted octanol–water partition coefficient (Wildman–Crippen LogP) is 1.82. The molecule has 0 aromatic rings. The zero-order valence-corrected chi connectivity index (χ0v) is 24.2. The van der Waals surface area contributed by atoms with Crippen molar-refractivity contribution in [2.45, 2.75) is 76.7 Å². The Balaban J connectivity index is 1.97. The standard InChI is InChI=1S/C25H34F6N4O6S/c1-23(2,3)18(34-22(39)25(29,30)31)21(38)35-11-13-9-24(27,28)10-15(13)17(35)20(37)33-14(8-16(26)42(4,40)41)7-12-5-6-32-19(12)36/h8,12-15,17-18H,5-7,9-11H2,1-4H3,(H,32,36)(H,33,37)(H,34,39)/b16-8+/t12-,13+,14+,15+,17-,18-/m0/s1. The van der Waals surface area contributed by atoms with E-state index in [0.29, 0.717) is 12.3 Å². The van der Waals surface area contributed by atoms with Crippen LogP contribution in [0.2, 0.25) is 0 Å². The quantitative estimate of drug-likeness (QED) is 0.349. The summed E-state index contributed by atoms with van der Waals surface area (Å²) in [5.41, 5.74) is -1.31. The lowest BCUT2D eigenvalue weighted by Gasteiger charge is -2.37. The average molecular weight is 633 g/mol. The van der Waals surface area contributed by atoms with Gasteiger partial charge in [-0.15, -0.1) is 0 Å². The molecule has 4 amide bonds. The van der Waals surface area contributed by atoms with Crippen molar-refractivity contribution in [1.29, 1.82) is 0 Å². The zero-order valence-electron chi connectivity index (χ0n) is 23.4. The third-order valence-electron chi connectivity index (χ3n) is 7.79. The van der Waals surface area contributed by atoms with E-state index in [1.54, 1.807) is 5.32 Å². The van der Waals surface area contributed by atoms with Gasteiger partial charge in [0.15, 0.2) is 0 Å². The summed E-state index contributed by atoms with van der Waals surface area (Å²) >= 11 is 0. The van der Waals surface area contributed by atoms with E-state index in [1.165, 1.54) is 20.8 Å². The van der Waals surface area contributed by atoms with Gasteiger partial charge in [-0.2, -0.15) is 17.6 Å². The molecule has 10 nitrogen and oxygen atoms in total. The van der Waals surface area contributed by atoms with E-state index in [9.17, 15) is 53.9 Å². The first kappa shape index (κ1) is 33.6. The van der Waals surface area contributed by atoms with Crippen molar-refractivity contribution in [2.24, 2.45) is 23.2 Å². The van der Waals surface area contributed by atoms with Crippen molar-refractivity contribution >= 4 is 33.5 Å². The third-order valence-corrected chi connectivity index (χ3v) is 8.63. The van der Waals surface area contributed by atoms with Crippen molar-refractivity contribution in [3.63, 3.8) is 0 Å². The SMILES string of the molecule is CC(C)(C)[C@@H](NC(=O)C(F)(F)F)C(=O)N1C[C@H]2CC(F)(F)C[C@H]2[C@H]1C(=O)N[C@@H](/C=C(\F)S(C)(=O)=O)C[C@@H]1CCNC1=O. The maximum Gasteiger partial charge on any atom is 0.471 e. The lowest BCUT2D eigenvalue weighted by molar-refractivity contribution is -0.176. The van der Waals surface area contributed by atoms with Crippen LogP contribution >= 0.6 is 0 Å². The van der Waals surface area contributed by atoms with E-state index in [4.69, 9.17) is 0 Å². The van der Waals surface area contributed by atoms with E-state index in [0.717, 1.165) is 4.90 Å². The fourth-order valence-electron chi connectivity index (χ4n) is 5.78. The van der Waals surface area contributed by atoms with Crippen molar-refractivity contribution in [3.05, 3.63) is 11.2 Å². The Morgan fingerprint density at radius 2 is 1.76 bits per heavy atom. The number of halogens is 6. The fraction of sp³-hybridized carbons (Fsp3) is 0.760. The number of amides is 4. The van der Waals surface area contributed by atoms with Crippen LogP contribution in [0.25, 0.3) is 0 Å². The number of hydrogen-bond acceptors (Lipinski definition) is 6. The summed E-state index contributed by atoms with van der Waals surface area (Å²) in [7, 11) is -4.36. The first-order valence-electron chi connectivity index (χ1n) is 13.2. The molecule has 3 rings (SSSR count). The van der Waals surface area contributed by atoms with Crippen molar-refractivity contribution < 1.29 is 53.9 Å². The van der Waals surface area contributed by atoms with Crippen LogP contribution in [0, 0.1) is 23.2 Å². The summed E-state index contributed by atoms with van der Waals surface area (Å²) < 4.78 is 106. The molecule has 0 spiro atoms. The molecular weight excluding hydrogens is 598 g/mol. The lowest BCUT2D eigenvalue weighted by atomic mass is 9.85. The van der Waals surface area contributed by atoms with E-state index >= 15 is 0 Å². The Labute approximate surface area is 238 Å². The molecule has 6 atom stereocenters. The Hall–Kier alpha value is -2.85. The van der Waals surface area contributed by atoms with Gasteiger partial charge >= 0.3 is 12.1 Å². The van der Waals surface area contributed by atoms with Crippen LogP contribution in [0.4, 0.5) is 26.3 Å². The van der Waals surface area contributed by atoms with Crippen LogP contribution in [-0.4, -0.2) is 86.5 Å². The minimum absolute atomic E-state index is 0.252. The van der Waals surface area contributed by atoms with Crippen molar-refractivity contribution in [3.8, 4) is 0 Å². The van der Waals surface area contributed by atoms with Gasteiger partial charge in [0.25, 0.3) is 0 Å². The second-order valence-corrected chi connectivity index (χ2v) is 14.2. The molecule has 2 aliphatic heterocycles. The van der Waals surface area contributed by atoms with Crippen LogP contribution in [-0.2, 0) is 29.0 Å². The van der Waals surface area contributed by atoms with Gasteiger partial charge in [-0.3, -0.25) is 19.2 Å². The number of hydrogen-bond donors (Lipinski definition) is 3. The number of likely N-dealkylation sites (tertiary alicyclic amines) is 1. The molecular formula is C25H34F6N4O6S. The van der Waals surface area contributed by atoms with Gasteiger partial charge in [-0.1, -0.05) is 20.8 Å². The van der Waals surface area contributed by atoms with Gasteiger partial charge in [0.05, 0.1) is 6.04 Å². The molecule has 2 heterocycles. The molecule has 0 bridgehead atoms. The highest BCUT2D eigenvalue weighted by Gasteiger charge is 2.59. The second-order valence-electron chi connectivity index (χ2n) is 12.3. The summed E-state index contributed by atoms with van der Waals surface area (Å²) in [5.74, 6) is -11.0. The molecule has 1 saturated carbocycles. The molecule has 3 fully saturated rings. The summed E-state index contributed by atoms with van der Waals surface area (Å²) in [5, 5.41) is 4.95. The molecule has 0 radical (unpaired) electrons. The van der Waals surface area contributed by atoms with Gasteiger partial charge in [-0.05, 0) is 36.2 Å². The Morgan fingerprint density at radius 1 is 1.14 bits per heavy atom. The highest BCUT2D eigenvalue weighted by molar-refractivity contribution is 7.94. The molecule has 3 N–H and O–H groups in total. The zero-order chi connectivity index (χ0) is 32.0. The minimum Gasteiger partial charge on any atom is -0.356 e. The number of alkyl halides is 5. The number of fused-ring (bicyclic) bond motifs is 1. The Morgan fingerprint density at radius 3 is 2.26 bits per heavy atom. The first-order chi connectivity index (χ1) is 19.0. The molecule has 0 unspecified atom stereocenters. The van der Waals surface area contributed by atoms with Crippen LogP contribution in [0.1, 0.15) is 46.5 Å². The van der Waals surface area contributed by atoms with E-state index in [-0.39, 0.29) is 19.4 Å². The van der Waals surface area contributed by atoms with E-state index in [1.807, 2.05) is 0 Å². The largest absolute Gasteiger partial charge is 0.471 e. The normalized spacial score (nSPS) is 27.7. The topological polar surface area (TPSA) is 142 Å². The summed E-state index contributed by atoms with van der Waals surface area (Å²) in [6.45, 7) is 3.97. The van der Waals surface area contributed by atoms with Crippen LogP contribution in [0.3, 0.4) is 0 Å². The van der Waals surface area contributed by atoms with Gasteiger partial charge in [0.2, 0.25) is 38.6 Å². The molecule has 3 aliphatic rings. The average Bonchev–Trinajstić information content (AvgIpc) is 3.45.